The standard InChI is InChI=1S/C21H22F2N6OS/c22-15-6-14(18(30)7-13(15)10-8-24-25-9-10)20-27-28-21(31-20)29(12-2-3-12)17-5-11-1-4-16(26-11)19(17)23/h6-9,11-12,16-17,19,26,30H,1-5H2,(H,24,25). The van der Waals surface area contributed by atoms with Crippen LogP contribution in [0.5, 0.6) is 5.75 Å². The number of benzene rings is 1. The van der Waals surface area contributed by atoms with Gasteiger partial charge in [-0.15, -0.1) is 10.2 Å². The van der Waals surface area contributed by atoms with E-state index in [-0.39, 0.29) is 35.0 Å². The van der Waals surface area contributed by atoms with Crippen molar-refractivity contribution < 1.29 is 13.9 Å². The van der Waals surface area contributed by atoms with Crippen LogP contribution in [0, 0.1) is 5.82 Å². The van der Waals surface area contributed by atoms with Crippen LogP contribution in [0.15, 0.2) is 24.5 Å². The molecule has 2 saturated heterocycles. The molecule has 1 saturated carbocycles. The van der Waals surface area contributed by atoms with Crippen molar-refractivity contribution in [3.8, 4) is 27.4 Å². The first-order valence-electron chi connectivity index (χ1n) is 10.6. The lowest BCUT2D eigenvalue weighted by molar-refractivity contribution is 0.172. The van der Waals surface area contributed by atoms with Gasteiger partial charge in [0.15, 0.2) is 5.01 Å². The number of aromatic amines is 1. The lowest BCUT2D eigenvalue weighted by Gasteiger charge is -2.40. The molecule has 31 heavy (non-hydrogen) atoms. The first-order chi connectivity index (χ1) is 15.1. The minimum atomic E-state index is -0.952. The zero-order valence-electron chi connectivity index (χ0n) is 16.6. The summed E-state index contributed by atoms with van der Waals surface area (Å²) in [5, 5.41) is 30.0. The third-order valence-corrected chi connectivity index (χ3v) is 7.58. The molecule has 3 N–H and O–H groups in total. The minimum absolute atomic E-state index is 0.0819. The summed E-state index contributed by atoms with van der Waals surface area (Å²) in [6.07, 6.45) is 6.77. The first-order valence-corrected chi connectivity index (χ1v) is 11.4. The van der Waals surface area contributed by atoms with Gasteiger partial charge in [-0.1, -0.05) is 11.3 Å². The number of phenols is 1. The average Bonchev–Trinajstić information content (AvgIpc) is 3.16. The first kappa shape index (κ1) is 19.1. The SMILES string of the molecule is Oc1cc(-c2cn[nH]c2)c(F)cc1-c1nnc(N(C2CC2)C2CC3CCC(N3)C2F)s1. The van der Waals surface area contributed by atoms with Crippen LogP contribution < -0.4 is 10.2 Å². The highest BCUT2D eigenvalue weighted by Gasteiger charge is 2.48. The molecule has 3 aromatic rings. The Morgan fingerprint density at radius 1 is 1.13 bits per heavy atom. The van der Waals surface area contributed by atoms with E-state index in [2.05, 4.69) is 30.6 Å². The maximum absolute atomic E-state index is 15.2. The summed E-state index contributed by atoms with van der Waals surface area (Å²) in [4.78, 5) is 2.10. The highest BCUT2D eigenvalue weighted by atomic mass is 32.1. The molecule has 3 fully saturated rings. The van der Waals surface area contributed by atoms with Crippen molar-refractivity contribution in [1.82, 2.24) is 25.7 Å². The topological polar surface area (TPSA) is 90.0 Å². The molecule has 7 nitrogen and oxygen atoms in total. The van der Waals surface area contributed by atoms with E-state index in [9.17, 15) is 9.50 Å². The molecule has 0 amide bonds. The molecule has 6 rings (SSSR count). The summed E-state index contributed by atoms with van der Waals surface area (Å²) < 4.78 is 30.0. The van der Waals surface area contributed by atoms with Gasteiger partial charge in [-0.3, -0.25) is 5.10 Å². The molecule has 0 radical (unpaired) electrons. The Bertz CT molecular complexity index is 1100. The van der Waals surface area contributed by atoms with Gasteiger partial charge in [0.05, 0.1) is 17.8 Å². The van der Waals surface area contributed by atoms with Crippen LogP contribution in [0.4, 0.5) is 13.9 Å². The molecule has 4 heterocycles. The van der Waals surface area contributed by atoms with E-state index in [1.165, 1.54) is 29.7 Å². The summed E-state index contributed by atoms with van der Waals surface area (Å²) in [6, 6.07) is 2.95. The summed E-state index contributed by atoms with van der Waals surface area (Å²) >= 11 is 1.28. The molecule has 4 unspecified atom stereocenters. The van der Waals surface area contributed by atoms with Crippen LogP contribution in [-0.4, -0.2) is 55.8 Å². The number of aromatic hydroxyl groups is 1. The van der Waals surface area contributed by atoms with Crippen molar-refractivity contribution in [2.24, 2.45) is 0 Å². The molecule has 2 aliphatic heterocycles. The lowest BCUT2D eigenvalue weighted by Crippen LogP contribution is -2.57. The molecule has 162 valence electrons. The van der Waals surface area contributed by atoms with Gasteiger partial charge in [-0.05, 0) is 44.2 Å². The van der Waals surface area contributed by atoms with Crippen LogP contribution in [0.2, 0.25) is 0 Å². The van der Waals surface area contributed by atoms with Gasteiger partial charge in [0.1, 0.15) is 17.7 Å². The van der Waals surface area contributed by atoms with Crippen LogP contribution >= 0.6 is 11.3 Å². The Morgan fingerprint density at radius 3 is 2.77 bits per heavy atom. The van der Waals surface area contributed by atoms with Gasteiger partial charge in [0, 0.05) is 35.4 Å². The van der Waals surface area contributed by atoms with Gasteiger partial charge in [0.25, 0.3) is 0 Å². The van der Waals surface area contributed by atoms with Gasteiger partial charge >= 0.3 is 0 Å². The van der Waals surface area contributed by atoms with E-state index >= 15 is 4.39 Å². The molecule has 0 spiro atoms. The fourth-order valence-corrected chi connectivity index (χ4v) is 5.95. The van der Waals surface area contributed by atoms with Gasteiger partial charge in [-0.2, -0.15) is 5.10 Å². The number of nitrogens with one attached hydrogen (secondary N) is 2. The number of fused-ring (bicyclic) bond motifs is 2. The number of alkyl halides is 1. The fourth-order valence-electron chi connectivity index (χ4n) is 4.95. The van der Waals surface area contributed by atoms with Crippen LogP contribution in [-0.2, 0) is 0 Å². The van der Waals surface area contributed by atoms with Gasteiger partial charge in [-0.25, -0.2) is 8.78 Å². The maximum atomic E-state index is 15.2. The predicted molar refractivity (Wildman–Crippen MR) is 113 cm³/mol. The number of hydrogen-bond donors (Lipinski definition) is 3. The largest absolute Gasteiger partial charge is 0.507 e. The predicted octanol–water partition coefficient (Wildman–Crippen LogP) is 3.64. The number of H-pyrrole nitrogens is 1. The van der Waals surface area contributed by atoms with Crippen molar-refractivity contribution >= 4 is 16.5 Å². The van der Waals surface area contributed by atoms with Crippen molar-refractivity contribution in [1.29, 1.82) is 0 Å². The number of halogens is 2. The van der Waals surface area contributed by atoms with E-state index in [4.69, 9.17) is 0 Å². The van der Waals surface area contributed by atoms with Crippen LogP contribution in [0.3, 0.4) is 0 Å². The van der Waals surface area contributed by atoms with Crippen molar-refractivity contribution in [3.05, 3.63) is 30.3 Å². The minimum Gasteiger partial charge on any atom is -0.507 e. The Balaban J connectivity index is 1.33. The summed E-state index contributed by atoms with van der Waals surface area (Å²) in [5.74, 6) is -0.565. The normalized spacial score (nSPS) is 27.5. The quantitative estimate of drug-likeness (QED) is 0.557. The molecule has 1 aromatic carbocycles. The molecular weight excluding hydrogens is 422 g/mol. The van der Waals surface area contributed by atoms with Crippen molar-refractivity contribution in [2.75, 3.05) is 4.90 Å². The Kier molecular flexibility index (Phi) is 4.46. The summed E-state index contributed by atoms with van der Waals surface area (Å²) in [7, 11) is 0. The highest BCUT2D eigenvalue weighted by Crippen LogP contribution is 2.44. The number of nitrogens with zero attached hydrogens (tertiary/aromatic N) is 4. The molecule has 1 aliphatic carbocycles. The van der Waals surface area contributed by atoms with E-state index in [0.29, 0.717) is 21.7 Å². The Labute approximate surface area is 181 Å². The lowest BCUT2D eigenvalue weighted by atomic mass is 9.96. The van der Waals surface area contributed by atoms with E-state index in [1.807, 2.05) is 0 Å². The van der Waals surface area contributed by atoms with E-state index in [1.54, 1.807) is 6.20 Å². The zero-order chi connectivity index (χ0) is 21.1. The number of hydrogen-bond acceptors (Lipinski definition) is 7. The molecule has 3 aliphatic rings. The monoisotopic (exact) mass is 444 g/mol. The molecule has 2 aromatic heterocycles. The molecule has 4 atom stereocenters. The summed E-state index contributed by atoms with van der Waals surface area (Å²) in [5.41, 5.74) is 1.09. The second-order valence-corrected chi connectivity index (χ2v) is 9.62. The van der Waals surface area contributed by atoms with Gasteiger partial charge in [0.2, 0.25) is 5.13 Å². The average molecular weight is 445 g/mol. The number of anilines is 1. The molecular formula is C21H22F2N6OS. The van der Waals surface area contributed by atoms with Crippen LogP contribution in [0.25, 0.3) is 21.7 Å². The van der Waals surface area contributed by atoms with Gasteiger partial charge < -0.3 is 15.3 Å². The summed E-state index contributed by atoms with van der Waals surface area (Å²) in [6.45, 7) is 0. The van der Waals surface area contributed by atoms with Crippen molar-refractivity contribution in [2.45, 2.75) is 62.4 Å². The maximum Gasteiger partial charge on any atom is 0.209 e. The molecule has 2 bridgehead atoms. The van der Waals surface area contributed by atoms with E-state index < -0.39 is 12.0 Å². The number of piperidine rings is 1. The third kappa shape index (κ3) is 3.28. The van der Waals surface area contributed by atoms with E-state index in [0.717, 1.165) is 32.1 Å². The second kappa shape index (κ2) is 7.23. The zero-order valence-corrected chi connectivity index (χ0v) is 17.4. The smallest absolute Gasteiger partial charge is 0.209 e. The van der Waals surface area contributed by atoms with Crippen molar-refractivity contribution in [3.63, 3.8) is 0 Å². The Hall–Kier alpha value is -2.59. The fraction of sp³-hybridized carbons (Fsp3) is 0.476. The third-order valence-electron chi connectivity index (χ3n) is 6.61. The molecule has 10 heteroatoms. The Morgan fingerprint density at radius 2 is 2.00 bits per heavy atom. The van der Waals surface area contributed by atoms with Crippen LogP contribution in [0.1, 0.15) is 32.1 Å². The number of phenolic OH excluding ortho intramolecular Hbond substituents is 1. The highest BCUT2D eigenvalue weighted by molar-refractivity contribution is 7.18. The second-order valence-electron chi connectivity index (χ2n) is 8.66. The number of rotatable bonds is 5. The number of aromatic nitrogens is 4.